The van der Waals surface area contributed by atoms with Crippen molar-refractivity contribution >= 4 is 17.3 Å². The molecule has 0 spiro atoms. The number of nitrogens with one attached hydrogen (secondary N) is 2. The number of anilines is 2. The molecule has 1 amide bonds. The average molecular weight is 281 g/mol. The molecule has 0 aliphatic heterocycles. The van der Waals surface area contributed by atoms with Gasteiger partial charge in [-0.3, -0.25) is 4.79 Å². The molecule has 0 aromatic heterocycles. The van der Waals surface area contributed by atoms with Crippen molar-refractivity contribution in [1.82, 2.24) is 5.32 Å². The van der Waals surface area contributed by atoms with E-state index < -0.39 is 0 Å². The molecule has 0 saturated heterocycles. The maximum Gasteiger partial charge on any atom is 0.251 e. The lowest BCUT2D eigenvalue weighted by molar-refractivity contribution is 0.0963. The van der Waals surface area contributed by atoms with Crippen LogP contribution >= 0.6 is 0 Å². The number of rotatable bonds is 3. The van der Waals surface area contributed by atoms with Crippen LogP contribution in [0.3, 0.4) is 0 Å². The van der Waals surface area contributed by atoms with Gasteiger partial charge in [-0.2, -0.15) is 0 Å². The molecule has 1 aliphatic rings. The van der Waals surface area contributed by atoms with Crippen LogP contribution in [0.2, 0.25) is 0 Å². The molecule has 0 heterocycles. The van der Waals surface area contributed by atoms with Crippen LogP contribution in [-0.4, -0.2) is 19.0 Å². The van der Waals surface area contributed by atoms with Gasteiger partial charge in [0.15, 0.2) is 0 Å². The van der Waals surface area contributed by atoms with E-state index in [-0.39, 0.29) is 5.91 Å². The molecule has 0 radical (unpaired) electrons. The standard InChI is InChI=1S/C17H19N3O/c1-19-17(21)13-6-7-15(18)16(10-13)20-14-8-11-4-2-3-5-12(11)9-14/h2-7,10,14,20H,8-9,18H2,1H3,(H,19,21). The van der Waals surface area contributed by atoms with Gasteiger partial charge < -0.3 is 16.4 Å². The Labute approximate surface area is 124 Å². The monoisotopic (exact) mass is 281 g/mol. The molecule has 4 nitrogen and oxygen atoms in total. The Balaban J connectivity index is 1.78. The predicted octanol–water partition coefficient (Wildman–Crippen LogP) is 2.21. The molecule has 1 aliphatic carbocycles. The third-order valence-corrected chi connectivity index (χ3v) is 3.95. The highest BCUT2D eigenvalue weighted by molar-refractivity contribution is 5.96. The summed E-state index contributed by atoms with van der Waals surface area (Å²) in [5, 5.41) is 6.10. The van der Waals surface area contributed by atoms with Gasteiger partial charge in [-0.25, -0.2) is 0 Å². The second-order valence-corrected chi connectivity index (χ2v) is 5.40. The fourth-order valence-electron chi connectivity index (χ4n) is 2.85. The van der Waals surface area contributed by atoms with Gasteiger partial charge in [-0.15, -0.1) is 0 Å². The van der Waals surface area contributed by atoms with Gasteiger partial charge in [0.25, 0.3) is 5.91 Å². The first-order chi connectivity index (χ1) is 10.2. The van der Waals surface area contributed by atoms with Crippen LogP contribution in [0.5, 0.6) is 0 Å². The van der Waals surface area contributed by atoms with Crippen molar-refractivity contribution in [3.8, 4) is 0 Å². The van der Waals surface area contributed by atoms with E-state index in [4.69, 9.17) is 5.73 Å². The van der Waals surface area contributed by atoms with Crippen LogP contribution < -0.4 is 16.4 Å². The minimum atomic E-state index is -0.104. The quantitative estimate of drug-likeness (QED) is 0.756. The molecular formula is C17H19N3O. The summed E-state index contributed by atoms with van der Waals surface area (Å²) in [6.07, 6.45) is 1.97. The number of carbonyl (C=O) groups excluding carboxylic acids is 1. The highest BCUT2D eigenvalue weighted by atomic mass is 16.1. The molecule has 0 atom stereocenters. The van der Waals surface area contributed by atoms with E-state index in [0.29, 0.717) is 17.3 Å². The molecule has 21 heavy (non-hydrogen) atoms. The lowest BCUT2D eigenvalue weighted by atomic mass is 10.1. The fourth-order valence-corrected chi connectivity index (χ4v) is 2.85. The Morgan fingerprint density at radius 3 is 2.43 bits per heavy atom. The summed E-state index contributed by atoms with van der Waals surface area (Å²) in [5.74, 6) is -0.104. The summed E-state index contributed by atoms with van der Waals surface area (Å²) in [4.78, 5) is 11.7. The minimum absolute atomic E-state index is 0.104. The molecule has 3 rings (SSSR count). The number of hydrogen-bond acceptors (Lipinski definition) is 3. The molecule has 0 unspecified atom stereocenters. The number of nitrogens with two attached hydrogens (primary N) is 1. The van der Waals surface area contributed by atoms with E-state index in [1.54, 1.807) is 19.2 Å². The predicted molar refractivity (Wildman–Crippen MR) is 85.5 cm³/mol. The molecule has 2 aromatic carbocycles. The van der Waals surface area contributed by atoms with E-state index >= 15 is 0 Å². The first-order valence-corrected chi connectivity index (χ1v) is 7.12. The van der Waals surface area contributed by atoms with Crippen molar-refractivity contribution in [2.75, 3.05) is 18.1 Å². The Kier molecular flexibility index (Phi) is 3.52. The van der Waals surface area contributed by atoms with Crippen molar-refractivity contribution in [2.45, 2.75) is 18.9 Å². The van der Waals surface area contributed by atoms with Crippen LogP contribution in [0.1, 0.15) is 21.5 Å². The van der Waals surface area contributed by atoms with Gasteiger partial charge in [-0.1, -0.05) is 24.3 Å². The lowest BCUT2D eigenvalue weighted by Gasteiger charge is -2.16. The van der Waals surface area contributed by atoms with Crippen molar-refractivity contribution in [2.24, 2.45) is 0 Å². The first kappa shape index (κ1) is 13.5. The van der Waals surface area contributed by atoms with Gasteiger partial charge in [-0.05, 0) is 42.2 Å². The summed E-state index contributed by atoms with van der Waals surface area (Å²) >= 11 is 0. The van der Waals surface area contributed by atoms with E-state index in [1.807, 2.05) is 6.07 Å². The normalized spacial score (nSPS) is 13.8. The second kappa shape index (κ2) is 5.48. The molecule has 108 valence electrons. The molecule has 4 heteroatoms. The molecule has 2 aromatic rings. The van der Waals surface area contributed by atoms with Crippen molar-refractivity contribution in [3.05, 3.63) is 59.2 Å². The number of hydrogen-bond donors (Lipinski definition) is 3. The molecule has 0 fully saturated rings. The maximum absolute atomic E-state index is 11.7. The number of carbonyl (C=O) groups is 1. The van der Waals surface area contributed by atoms with Crippen LogP contribution in [0.15, 0.2) is 42.5 Å². The Hall–Kier alpha value is -2.49. The zero-order chi connectivity index (χ0) is 14.8. The number of amides is 1. The van der Waals surface area contributed by atoms with Gasteiger partial charge >= 0.3 is 0 Å². The topological polar surface area (TPSA) is 67.2 Å². The number of fused-ring (bicyclic) bond motifs is 1. The fraction of sp³-hybridized carbons (Fsp3) is 0.235. The minimum Gasteiger partial charge on any atom is -0.397 e. The van der Waals surface area contributed by atoms with Gasteiger partial charge in [0.2, 0.25) is 0 Å². The van der Waals surface area contributed by atoms with E-state index in [9.17, 15) is 4.79 Å². The average Bonchev–Trinajstić information content (AvgIpc) is 2.91. The van der Waals surface area contributed by atoms with Gasteiger partial charge in [0.05, 0.1) is 11.4 Å². The van der Waals surface area contributed by atoms with Crippen molar-refractivity contribution in [3.63, 3.8) is 0 Å². The molecule has 0 saturated carbocycles. The van der Waals surface area contributed by atoms with E-state index in [0.717, 1.165) is 18.5 Å². The first-order valence-electron chi connectivity index (χ1n) is 7.12. The highest BCUT2D eigenvalue weighted by Crippen LogP contribution is 2.27. The summed E-state index contributed by atoms with van der Waals surface area (Å²) in [5.41, 5.74) is 10.9. The summed E-state index contributed by atoms with van der Waals surface area (Å²) in [6.45, 7) is 0. The lowest BCUT2D eigenvalue weighted by Crippen LogP contribution is -2.22. The second-order valence-electron chi connectivity index (χ2n) is 5.40. The molecule has 4 N–H and O–H groups in total. The van der Waals surface area contributed by atoms with Crippen LogP contribution in [0.25, 0.3) is 0 Å². The number of benzene rings is 2. The SMILES string of the molecule is CNC(=O)c1ccc(N)c(NC2Cc3ccccc3C2)c1. The summed E-state index contributed by atoms with van der Waals surface area (Å²) in [6, 6.07) is 14.1. The van der Waals surface area contributed by atoms with Crippen molar-refractivity contribution in [1.29, 1.82) is 0 Å². The Morgan fingerprint density at radius 1 is 1.14 bits per heavy atom. The van der Waals surface area contributed by atoms with Crippen LogP contribution in [0, 0.1) is 0 Å². The zero-order valence-electron chi connectivity index (χ0n) is 12.0. The third-order valence-electron chi connectivity index (χ3n) is 3.95. The summed E-state index contributed by atoms with van der Waals surface area (Å²) < 4.78 is 0. The zero-order valence-corrected chi connectivity index (χ0v) is 12.0. The number of nitrogen functional groups attached to an aromatic ring is 1. The summed E-state index contributed by atoms with van der Waals surface area (Å²) in [7, 11) is 1.62. The van der Waals surface area contributed by atoms with E-state index in [2.05, 4.69) is 34.9 Å². The van der Waals surface area contributed by atoms with Gasteiger partial charge in [0.1, 0.15) is 0 Å². The van der Waals surface area contributed by atoms with Crippen molar-refractivity contribution < 1.29 is 4.79 Å². The molecule has 0 bridgehead atoms. The maximum atomic E-state index is 11.7. The third kappa shape index (κ3) is 2.70. The molecular weight excluding hydrogens is 262 g/mol. The van der Waals surface area contributed by atoms with Gasteiger partial charge in [0, 0.05) is 18.7 Å². The smallest absolute Gasteiger partial charge is 0.251 e. The largest absolute Gasteiger partial charge is 0.397 e. The highest BCUT2D eigenvalue weighted by Gasteiger charge is 2.21. The Morgan fingerprint density at radius 2 is 1.81 bits per heavy atom. The van der Waals surface area contributed by atoms with Crippen LogP contribution in [-0.2, 0) is 12.8 Å². The van der Waals surface area contributed by atoms with E-state index in [1.165, 1.54) is 11.1 Å². The van der Waals surface area contributed by atoms with Crippen LogP contribution in [0.4, 0.5) is 11.4 Å². The Bertz CT molecular complexity index is 656.